The van der Waals surface area contributed by atoms with Gasteiger partial charge in [-0.05, 0) is 31.9 Å². The summed E-state index contributed by atoms with van der Waals surface area (Å²) in [5.41, 5.74) is 0. The molecule has 1 fully saturated rings. The molecule has 1 amide bonds. The van der Waals surface area contributed by atoms with Crippen LogP contribution in [0.5, 0.6) is 5.75 Å². The topological polar surface area (TPSA) is 72.3 Å². The molecule has 0 saturated carbocycles. The summed E-state index contributed by atoms with van der Waals surface area (Å²) in [5, 5.41) is 12.0. The fourth-order valence-corrected chi connectivity index (χ4v) is 3.81. The van der Waals surface area contributed by atoms with E-state index in [1.54, 1.807) is 24.0 Å². The van der Waals surface area contributed by atoms with Crippen LogP contribution in [-0.2, 0) is 17.9 Å². The molecule has 0 radical (unpaired) electrons. The molecule has 1 unspecified atom stereocenters. The van der Waals surface area contributed by atoms with Gasteiger partial charge in [-0.15, -0.1) is 22.6 Å². The number of fused-ring (bicyclic) bond motifs is 1. The predicted octanol–water partition coefficient (Wildman–Crippen LogP) is 2.12. The Hall–Kier alpha value is -2.19. The highest BCUT2D eigenvalue weighted by molar-refractivity contribution is 5.85. The molecular weight excluding hydrogens is 385 g/mol. The van der Waals surface area contributed by atoms with Crippen molar-refractivity contribution in [3.05, 3.63) is 41.7 Å². The lowest BCUT2D eigenvalue weighted by Gasteiger charge is -2.33. The second kappa shape index (κ2) is 8.87. The highest BCUT2D eigenvalue weighted by Crippen LogP contribution is 2.28. The quantitative estimate of drug-likeness (QED) is 0.837. The number of halogens is 2. The largest absolute Gasteiger partial charge is 0.478 e. The summed E-state index contributed by atoms with van der Waals surface area (Å²) < 4.78 is 21.5. The Bertz CT molecular complexity index is 822. The fraction of sp³-hybridized carbons (Fsp3) is 0.526. The summed E-state index contributed by atoms with van der Waals surface area (Å²) in [6, 6.07) is 6.15. The molecule has 0 bridgehead atoms. The first-order chi connectivity index (χ1) is 13.1. The molecule has 2 aromatic rings. The van der Waals surface area contributed by atoms with Crippen LogP contribution >= 0.6 is 12.4 Å². The van der Waals surface area contributed by atoms with Gasteiger partial charge >= 0.3 is 0 Å². The smallest absolute Gasteiger partial charge is 0.263 e. The van der Waals surface area contributed by atoms with E-state index in [4.69, 9.17) is 4.74 Å². The van der Waals surface area contributed by atoms with Crippen molar-refractivity contribution < 1.29 is 13.9 Å². The predicted molar refractivity (Wildman–Crippen MR) is 104 cm³/mol. The standard InChI is InChI=1S/C19H24FN5O2.ClH/c1-13(27-16-5-3-2-4-15(16)20)19(26)24-9-6-14(7-10-24)18-23-22-17-12-21-8-11-25(17)18;/h2-5,13-14,21H,6-12H2,1H3;1H. The molecule has 3 heterocycles. The summed E-state index contributed by atoms with van der Waals surface area (Å²) in [4.78, 5) is 14.5. The normalized spacial score (nSPS) is 18.1. The van der Waals surface area contributed by atoms with Crippen molar-refractivity contribution in [3.63, 3.8) is 0 Å². The number of likely N-dealkylation sites (tertiary alicyclic amines) is 1. The highest BCUT2D eigenvalue weighted by Gasteiger charge is 2.31. The van der Waals surface area contributed by atoms with Crippen molar-refractivity contribution in [1.82, 2.24) is 25.0 Å². The van der Waals surface area contributed by atoms with E-state index in [9.17, 15) is 9.18 Å². The van der Waals surface area contributed by atoms with Crippen LogP contribution in [0.2, 0.25) is 0 Å². The van der Waals surface area contributed by atoms with Crippen molar-refractivity contribution in [3.8, 4) is 5.75 Å². The van der Waals surface area contributed by atoms with E-state index in [1.165, 1.54) is 12.1 Å². The molecule has 1 saturated heterocycles. The van der Waals surface area contributed by atoms with Crippen LogP contribution in [0.4, 0.5) is 4.39 Å². The summed E-state index contributed by atoms with van der Waals surface area (Å²) >= 11 is 0. The van der Waals surface area contributed by atoms with E-state index in [0.717, 1.165) is 44.1 Å². The zero-order valence-corrected chi connectivity index (χ0v) is 16.6. The van der Waals surface area contributed by atoms with Gasteiger partial charge in [0.25, 0.3) is 5.91 Å². The van der Waals surface area contributed by atoms with Gasteiger partial charge in [0.05, 0.1) is 6.54 Å². The van der Waals surface area contributed by atoms with Crippen LogP contribution in [0.3, 0.4) is 0 Å². The third-order valence-corrected chi connectivity index (χ3v) is 5.31. The van der Waals surface area contributed by atoms with Gasteiger partial charge in [0.1, 0.15) is 11.6 Å². The maximum Gasteiger partial charge on any atom is 0.263 e. The van der Waals surface area contributed by atoms with Crippen molar-refractivity contribution >= 4 is 18.3 Å². The van der Waals surface area contributed by atoms with Gasteiger partial charge in [0.2, 0.25) is 0 Å². The Morgan fingerprint density at radius 3 is 2.75 bits per heavy atom. The number of benzene rings is 1. The second-order valence-electron chi connectivity index (χ2n) is 7.09. The molecule has 0 spiro atoms. The SMILES string of the molecule is CC(Oc1ccccc1F)C(=O)N1CCC(c2nnc3n2CCNC3)CC1.Cl. The lowest BCUT2D eigenvalue weighted by molar-refractivity contribution is -0.139. The molecule has 1 aromatic carbocycles. The van der Waals surface area contributed by atoms with Crippen LogP contribution in [0, 0.1) is 5.82 Å². The number of nitrogens with zero attached hydrogens (tertiary/aromatic N) is 4. The summed E-state index contributed by atoms with van der Waals surface area (Å²) in [6.07, 6.45) is 0.985. The number of hydrogen-bond acceptors (Lipinski definition) is 5. The maximum atomic E-state index is 13.7. The summed E-state index contributed by atoms with van der Waals surface area (Å²) in [5.74, 6) is 1.88. The first-order valence-corrected chi connectivity index (χ1v) is 9.46. The van der Waals surface area contributed by atoms with E-state index in [2.05, 4.69) is 20.1 Å². The molecule has 2 aliphatic rings. The minimum absolute atomic E-state index is 0. The zero-order chi connectivity index (χ0) is 18.8. The van der Waals surface area contributed by atoms with Gasteiger partial charge in [0, 0.05) is 32.1 Å². The molecule has 28 heavy (non-hydrogen) atoms. The van der Waals surface area contributed by atoms with Gasteiger partial charge < -0.3 is 19.5 Å². The van der Waals surface area contributed by atoms with Gasteiger partial charge in [-0.1, -0.05) is 12.1 Å². The first kappa shape index (κ1) is 20.5. The Morgan fingerprint density at radius 1 is 1.25 bits per heavy atom. The Kier molecular flexibility index (Phi) is 6.51. The lowest BCUT2D eigenvalue weighted by atomic mass is 9.95. The second-order valence-corrected chi connectivity index (χ2v) is 7.09. The minimum Gasteiger partial charge on any atom is -0.478 e. The van der Waals surface area contributed by atoms with E-state index >= 15 is 0 Å². The van der Waals surface area contributed by atoms with Gasteiger partial charge in [-0.25, -0.2) is 4.39 Å². The van der Waals surface area contributed by atoms with Crippen LogP contribution in [-0.4, -0.2) is 51.3 Å². The average Bonchev–Trinajstić information content (AvgIpc) is 3.13. The molecule has 152 valence electrons. The number of aromatic nitrogens is 3. The fourth-order valence-electron chi connectivity index (χ4n) is 3.81. The van der Waals surface area contributed by atoms with Crippen molar-refractivity contribution in [1.29, 1.82) is 0 Å². The number of piperidine rings is 1. The van der Waals surface area contributed by atoms with Crippen LogP contribution in [0.1, 0.15) is 37.3 Å². The average molecular weight is 410 g/mol. The van der Waals surface area contributed by atoms with Crippen molar-refractivity contribution in [2.24, 2.45) is 0 Å². The van der Waals surface area contributed by atoms with E-state index in [-0.39, 0.29) is 24.1 Å². The molecule has 1 aromatic heterocycles. The molecule has 2 aliphatic heterocycles. The molecule has 1 atom stereocenters. The number of carbonyl (C=O) groups excluding carboxylic acids is 1. The Balaban J connectivity index is 0.00000225. The molecule has 0 aliphatic carbocycles. The molecule has 9 heteroatoms. The lowest BCUT2D eigenvalue weighted by Crippen LogP contribution is -2.44. The molecule has 4 rings (SSSR count). The van der Waals surface area contributed by atoms with Gasteiger partial charge in [0.15, 0.2) is 17.7 Å². The van der Waals surface area contributed by atoms with Crippen LogP contribution in [0.15, 0.2) is 24.3 Å². The van der Waals surface area contributed by atoms with E-state index < -0.39 is 11.9 Å². The van der Waals surface area contributed by atoms with Crippen molar-refractivity contribution in [2.75, 3.05) is 19.6 Å². The number of ether oxygens (including phenoxy) is 1. The van der Waals surface area contributed by atoms with Gasteiger partial charge in [-0.3, -0.25) is 4.79 Å². The monoisotopic (exact) mass is 409 g/mol. The highest BCUT2D eigenvalue weighted by atomic mass is 35.5. The Morgan fingerprint density at radius 2 is 2.00 bits per heavy atom. The van der Waals surface area contributed by atoms with E-state index in [0.29, 0.717) is 19.0 Å². The first-order valence-electron chi connectivity index (χ1n) is 9.46. The number of rotatable bonds is 4. The summed E-state index contributed by atoms with van der Waals surface area (Å²) in [6.45, 7) is 5.55. The summed E-state index contributed by atoms with van der Waals surface area (Å²) in [7, 11) is 0. The Labute approximate surface area is 169 Å². The van der Waals surface area contributed by atoms with Gasteiger partial charge in [-0.2, -0.15) is 0 Å². The number of nitrogens with one attached hydrogen (secondary N) is 1. The third-order valence-electron chi connectivity index (χ3n) is 5.31. The molecule has 1 N–H and O–H groups in total. The number of carbonyl (C=O) groups is 1. The number of para-hydroxylation sites is 1. The zero-order valence-electron chi connectivity index (χ0n) is 15.8. The minimum atomic E-state index is -0.717. The van der Waals surface area contributed by atoms with E-state index in [1.807, 2.05) is 0 Å². The van der Waals surface area contributed by atoms with Crippen LogP contribution in [0.25, 0.3) is 0 Å². The maximum absolute atomic E-state index is 13.7. The number of amides is 1. The molecule has 7 nitrogen and oxygen atoms in total. The van der Waals surface area contributed by atoms with Crippen molar-refractivity contribution in [2.45, 2.75) is 44.9 Å². The third kappa shape index (κ3) is 4.12. The van der Waals surface area contributed by atoms with Crippen LogP contribution < -0.4 is 10.1 Å². The number of hydrogen-bond donors (Lipinski definition) is 1. The molecular formula is C19H25ClFN5O2.